The molecule has 1 amide bonds. The Morgan fingerprint density at radius 2 is 1.82 bits per heavy atom. The highest BCUT2D eigenvalue weighted by Gasteiger charge is 2.28. The summed E-state index contributed by atoms with van der Waals surface area (Å²) in [5.41, 5.74) is 3.35. The summed E-state index contributed by atoms with van der Waals surface area (Å²) in [6.07, 6.45) is 5.81. The summed E-state index contributed by atoms with van der Waals surface area (Å²) in [5.74, 6) is -0.290. The summed E-state index contributed by atoms with van der Waals surface area (Å²) in [6, 6.07) is 12.9. The van der Waals surface area contributed by atoms with Crippen LogP contribution in [0.5, 0.6) is 0 Å². The second kappa shape index (κ2) is 11.8. The van der Waals surface area contributed by atoms with Gasteiger partial charge in [-0.1, -0.05) is 43.2 Å². The summed E-state index contributed by atoms with van der Waals surface area (Å²) in [6.45, 7) is 10.4. The molecular weight excluding hydrogens is 446 g/mol. The molecule has 7 heteroatoms. The molecule has 0 radical (unpaired) electrons. The van der Waals surface area contributed by atoms with Crippen LogP contribution in [0.4, 0.5) is 5.69 Å². The lowest BCUT2D eigenvalue weighted by atomic mass is 10.00. The fourth-order valence-electron chi connectivity index (χ4n) is 4.66. The van der Waals surface area contributed by atoms with Gasteiger partial charge in [0, 0.05) is 19.1 Å². The predicted octanol–water partition coefficient (Wildman–Crippen LogP) is 4.58. The number of hydrogen-bond donors (Lipinski definition) is 1. The highest BCUT2D eigenvalue weighted by atomic mass is 32.2. The minimum Gasteiger partial charge on any atom is -0.354 e. The van der Waals surface area contributed by atoms with Crippen LogP contribution in [0.3, 0.4) is 0 Å². The first-order valence-electron chi connectivity index (χ1n) is 12.4. The van der Waals surface area contributed by atoms with Crippen molar-refractivity contribution in [3.63, 3.8) is 0 Å². The maximum atomic E-state index is 13.6. The monoisotopic (exact) mass is 485 g/mol. The summed E-state index contributed by atoms with van der Waals surface area (Å²) >= 11 is 0. The van der Waals surface area contributed by atoms with E-state index in [9.17, 15) is 13.2 Å². The lowest BCUT2D eigenvalue weighted by molar-refractivity contribution is -0.119. The average Bonchev–Trinajstić information content (AvgIpc) is 2.82. The molecule has 1 N–H and O–H groups in total. The molecule has 1 fully saturated rings. The molecule has 1 aliphatic rings. The van der Waals surface area contributed by atoms with E-state index in [2.05, 4.69) is 17.1 Å². The van der Waals surface area contributed by atoms with E-state index in [1.165, 1.54) is 23.6 Å². The molecule has 0 bridgehead atoms. The molecule has 2 aromatic rings. The maximum Gasteiger partial charge on any atom is 0.264 e. The fraction of sp³-hybridized carbons (Fsp3) is 0.519. The first-order chi connectivity index (χ1) is 16.2. The smallest absolute Gasteiger partial charge is 0.264 e. The zero-order valence-corrected chi connectivity index (χ0v) is 21.8. The number of nitrogens with zero attached hydrogens (tertiary/aromatic N) is 2. The van der Waals surface area contributed by atoms with Crippen molar-refractivity contribution in [1.29, 1.82) is 0 Å². The Labute approximate surface area is 205 Å². The number of aryl methyl sites for hydroxylation is 2. The van der Waals surface area contributed by atoms with Gasteiger partial charge < -0.3 is 10.2 Å². The van der Waals surface area contributed by atoms with Gasteiger partial charge in [0.1, 0.15) is 6.54 Å². The quantitative estimate of drug-likeness (QED) is 0.500. The van der Waals surface area contributed by atoms with Gasteiger partial charge in [-0.3, -0.25) is 9.10 Å². The molecule has 1 saturated heterocycles. The van der Waals surface area contributed by atoms with Gasteiger partial charge in [-0.15, -0.1) is 0 Å². The van der Waals surface area contributed by atoms with E-state index >= 15 is 0 Å². The molecule has 1 heterocycles. The number of likely N-dealkylation sites (tertiary alicyclic amines) is 1. The molecule has 6 nitrogen and oxygen atoms in total. The Morgan fingerprint density at radius 3 is 2.53 bits per heavy atom. The van der Waals surface area contributed by atoms with Crippen LogP contribution >= 0.6 is 0 Å². The highest BCUT2D eigenvalue weighted by Crippen LogP contribution is 2.28. The van der Waals surface area contributed by atoms with Crippen molar-refractivity contribution in [1.82, 2.24) is 10.2 Å². The number of rotatable bonds is 10. The Morgan fingerprint density at radius 1 is 1.09 bits per heavy atom. The van der Waals surface area contributed by atoms with E-state index in [0.29, 0.717) is 18.3 Å². The molecule has 0 aliphatic carbocycles. The van der Waals surface area contributed by atoms with Gasteiger partial charge in [-0.05, 0) is 82.3 Å². The van der Waals surface area contributed by atoms with E-state index in [0.717, 1.165) is 42.6 Å². The third-order valence-corrected chi connectivity index (χ3v) is 8.68. The number of hydrogen-bond acceptors (Lipinski definition) is 4. The molecule has 1 aliphatic heterocycles. The van der Waals surface area contributed by atoms with Gasteiger partial charge in [-0.2, -0.15) is 0 Å². The molecule has 186 valence electrons. The number of benzene rings is 2. The van der Waals surface area contributed by atoms with Gasteiger partial charge >= 0.3 is 0 Å². The molecule has 2 aromatic carbocycles. The van der Waals surface area contributed by atoms with Crippen LogP contribution in [0.1, 0.15) is 55.7 Å². The van der Waals surface area contributed by atoms with Crippen molar-refractivity contribution in [3.8, 4) is 0 Å². The Bertz CT molecular complexity index is 1070. The van der Waals surface area contributed by atoms with E-state index in [1.54, 1.807) is 30.3 Å². The molecule has 1 unspecified atom stereocenters. The van der Waals surface area contributed by atoms with Crippen molar-refractivity contribution >= 4 is 21.6 Å². The third-order valence-electron chi connectivity index (χ3n) is 6.91. The summed E-state index contributed by atoms with van der Waals surface area (Å²) in [5, 5.41) is 2.95. The topological polar surface area (TPSA) is 69.7 Å². The minimum atomic E-state index is -3.90. The highest BCUT2D eigenvalue weighted by molar-refractivity contribution is 7.92. The summed E-state index contributed by atoms with van der Waals surface area (Å²) in [4.78, 5) is 15.6. The van der Waals surface area contributed by atoms with Crippen molar-refractivity contribution in [2.45, 2.75) is 70.7 Å². The number of sulfonamides is 1. The van der Waals surface area contributed by atoms with Crippen molar-refractivity contribution in [2.75, 3.05) is 30.5 Å². The largest absolute Gasteiger partial charge is 0.354 e. The number of carbonyl (C=O) groups is 1. The summed E-state index contributed by atoms with van der Waals surface area (Å²) < 4.78 is 28.4. The fourth-order valence-corrected chi connectivity index (χ4v) is 6.13. The molecule has 3 rings (SSSR count). The van der Waals surface area contributed by atoms with Crippen molar-refractivity contribution in [2.24, 2.45) is 0 Å². The molecular formula is C27H39N3O3S. The van der Waals surface area contributed by atoms with Gasteiger partial charge in [0.15, 0.2) is 0 Å². The SMILES string of the molecule is CCC1CCCCN1CCCNC(=O)CN(c1cccc(C)c1C)S(=O)(=O)c1ccc(C)cc1. The second-order valence-corrected chi connectivity index (χ2v) is 11.2. The predicted molar refractivity (Wildman–Crippen MR) is 139 cm³/mol. The van der Waals surface area contributed by atoms with Gasteiger partial charge in [0.2, 0.25) is 5.91 Å². The maximum absolute atomic E-state index is 13.6. The number of anilines is 1. The van der Waals surface area contributed by atoms with E-state index in [-0.39, 0.29) is 17.3 Å². The van der Waals surface area contributed by atoms with E-state index in [1.807, 2.05) is 32.9 Å². The zero-order valence-electron chi connectivity index (χ0n) is 21.0. The minimum absolute atomic E-state index is 0.183. The first kappa shape index (κ1) is 26.2. The molecule has 0 spiro atoms. The second-order valence-electron chi connectivity index (χ2n) is 9.34. The van der Waals surface area contributed by atoms with Crippen LogP contribution < -0.4 is 9.62 Å². The van der Waals surface area contributed by atoms with Gasteiger partial charge in [0.25, 0.3) is 10.0 Å². The third kappa shape index (κ3) is 6.39. The molecule has 0 saturated carbocycles. The number of piperidine rings is 1. The van der Waals surface area contributed by atoms with Crippen LogP contribution in [-0.2, 0) is 14.8 Å². The van der Waals surface area contributed by atoms with Crippen LogP contribution in [0.15, 0.2) is 47.4 Å². The van der Waals surface area contributed by atoms with Crippen LogP contribution in [0.25, 0.3) is 0 Å². The normalized spacial score (nSPS) is 16.9. The Kier molecular flexibility index (Phi) is 9.14. The van der Waals surface area contributed by atoms with Crippen LogP contribution in [0, 0.1) is 20.8 Å². The molecule has 1 atom stereocenters. The van der Waals surface area contributed by atoms with Crippen LogP contribution in [0.2, 0.25) is 0 Å². The number of carbonyl (C=O) groups excluding carboxylic acids is 1. The summed E-state index contributed by atoms with van der Waals surface area (Å²) in [7, 11) is -3.90. The van der Waals surface area contributed by atoms with E-state index < -0.39 is 10.0 Å². The first-order valence-corrected chi connectivity index (χ1v) is 13.8. The van der Waals surface area contributed by atoms with Gasteiger partial charge in [-0.25, -0.2) is 8.42 Å². The Balaban J connectivity index is 1.71. The van der Waals surface area contributed by atoms with Crippen molar-refractivity contribution < 1.29 is 13.2 Å². The average molecular weight is 486 g/mol. The standard InChI is InChI=1S/C27H39N3O3S/c1-5-24-11-6-7-18-29(24)19-9-17-28-27(31)20-30(26-12-8-10-22(3)23(26)4)34(32,33)25-15-13-21(2)14-16-25/h8,10,12-16,24H,5-7,9,11,17-20H2,1-4H3,(H,28,31). The number of amides is 1. The van der Waals surface area contributed by atoms with Crippen LogP contribution in [-0.4, -0.2) is 51.4 Å². The number of nitrogens with one attached hydrogen (secondary N) is 1. The zero-order chi connectivity index (χ0) is 24.7. The van der Waals surface area contributed by atoms with E-state index in [4.69, 9.17) is 0 Å². The molecule has 0 aromatic heterocycles. The lowest BCUT2D eigenvalue weighted by Crippen LogP contribution is -2.43. The van der Waals surface area contributed by atoms with Crippen molar-refractivity contribution in [3.05, 3.63) is 59.2 Å². The lowest BCUT2D eigenvalue weighted by Gasteiger charge is -2.35. The Hall–Kier alpha value is -2.38. The van der Waals surface area contributed by atoms with Gasteiger partial charge in [0.05, 0.1) is 10.6 Å². The molecule has 34 heavy (non-hydrogen) atoms.